The van der Waals surface area contributed by atoms with Crippen LogP contribution in [-0.2, 0) is 6.54 Å². The Balaban J connectivity index is 1.70. The van der Waals surface area contributed by atoms with Crippen LogP contribution in [0.1, 0.15) is 24.1 Å². The van der Waals surface area contributed by atoms with Crippen molar-refractivity contribution in [2.45, 2.75) is 26.3 Å². The topological polar surface area (TPSA) is 42.7 Å². The lowest BCUT2D eigenvalue weighted by Crippen LogP contribution is -2.16. The van der Waals surface area contributed by atoms with E-state index in [4.69, 9.17) is 0 Å². The first kappa shape index (κ1) is 12.8. The van der Waals surface area contributed by atoms with Gasteiger partial charge >= 0.3 is 0 Å². The fourth-order valence-electron chi connectivity index (χ4n) is 2.02. The van der Waals surface area contributed by atoms with E-state index in [0.29, 0.717) is 0 Å². The molecule has 4 nitrogen and oxygen atoms in total. The largest absolute Gasteiger partial charge is 0.311 e. The van der Waals surface area contributed by atoms with Gasteiger partial charge in [0.15, 0.2) is 0 Å². The van der Waals surface area contributed by atoms with E-state index in [-0.39, 0.29) is 0 Å². The third-order valence-corrected chi connectivity index (χ3v) is 4.00. The summed E-state index contributed by atoms with van der Waals surface area (Å²) in [6, 6.07) is 6.21. The summed E-state index contributed by atoms with van der Waals surface area (Å²) in [4.78, 5) is 0. The molecule has 1 aromatic carbocycles. The number of hydrogen-bond acceptors (Lipinski definition) is 3. The standard InChI is InChI=1S/C14H17BrN4/c1-10-2-5-13(15)14(6-10)19-9-12(17-18-19)8-16-7-11-3-4-11/h2,5-6,9,11,16H,3-4,7-8H2,1H3. The van der Waals surface area contributed by atoms with Gasteiger partial charge in [-0.2, -0.15) is 0 Å². The van der Waals surface area contributed by atoms with Crippen LogP contribution in [0.3, 0.4) is 0 Å². The molecule has 0 bridgehead atoms. The van der Waals surface area contributed by atoms with Gasteiger partial charge in [-0.1, -0.05) is 11.3 Å². The van der Waals surface area contributed by atoms with Crippen molar-refractivity contribution < 1.29 is 0 Å². The second kappa shape index (κ2) is 5.43. The van der Waals surface area contributed by atoms with Crippen LogP contribution in [0.15, 0.2) is 28.9 Å². The van der Waals surface area contributed by atoms with Gasteiger partial charge in [0.1, 0.15) is 0 Å². The summed E-state index contributed by atoms with van der Waals surface area (Å²) in [5.41, 5.74) is 3.22. The summed E-state index contributed by atoms with van der Waals surface area (Å²) in [5, 5.41) is 11.8. The third kappa shape index (κ3) is 3.22. The summed E-state index contributed by atoms with van der Waals surface area (Å²) in [5.74, 6) is 0.890. The molecular weight excluding hydrogens is 304 g/mol. The number of nitrogens with one attached hydrogen (secondary N) is 1. The SMILES string of the molecule is Cc1ccc(Br)c(-n2cc(CNCC3CC3)nn2)c1. The Morgan fingerprint density at radius 2 is 2.26 bits per heavy atom. The van der Waals surface area contributed by atoms with Crippen molar-refractivity contribution in [2.24, 2.45) is 5.92 Å². The second-order valence-electron chi connectivity index (χ2n) is 5.18. The maximum Gasteiger partial charge on any atom is 0.0969 e. The average Bonchev–Trinajstić information content (AvgIpc) is 3.10. The molecule has 0 atom stereocenters. The summed E-state index contributed by atoms with van der Waals surface area (Å²) in [6.45, 7) is 3.96. The minimum atomic E-state index is 0.792. The van der Waals surface area contributed by atoms with Crippen molar-refractivity contribution in [1.82, 2.24) is 20.3 Å². The van der Waals surface area contributed by atoms with Crippen molar-refractivity contribution in [3.63, 3.8) is 0 Å². The van der Waals surface area contributed by atoms with Crippen molar-refractivity contribution in [2.75, 3.05) is 6.54 Å². The zero-order valence-electron chi connectivity index (χ0n) is 10.9. The molecule has 5 heteroatoms. The molecule has 0 amide bonds. The van der Waals surface area contributed by atoms with Crippen LogP contribution in [0.2, 0.25) is 0 Å². The van der Waals surface area contributed by atoms with Crippen LogP contribution in [0.4, 0.5) is 0 Å². The van der Waals surface area contributed by atoms with E-state index < -0.39 is 0 Å². The molecule has 1 aliphatic carbocycles. The van der Waals surface area contributed by atoms with Gasteiger partial charge in [0.2, 0.25) is 0 Å². The van der Waals surface area contributed by atoms with Gasteiger partial charge in [0.05, 0.1) is 17.6 Å². The van der Waals surface area contributed by atoms with Crippen molar-refractivity contribution in [3.05, 3.63) is 40.1 Å². The predicted molar refractivity (Wildman–Crippen MR) is 78.2 cm³/mol. The molecule has 3 rings (SSSR count). The van der Waals surface area contributed by atoms with Crippen molar-refractivity contribution >= 4 is 15.9 Å². The Morgan fingerprint density at radius 3 is 3.05 bits per heavy atom. The van der Waals surface area contributed by atoms with Crippen LogP contribution < -0.4 is 5.32 Å². The van der Waals surface area contributed by atoms with E-state index in [9.17, 15) is 0 Å². The summed E-state index contributed by atoms with van der Waals surface area (Å²) in [7, 11) is 0. The Bertz CT molecular complexity index is 575. The first-order chi connectivity index (χ1) is 9.22. The Morgan fingerprint density at radius 1 is 1.42 bits per heavy atom. The number of hydrogen-bond donors (Lipinski definition) is 1. The van der Waals surface area contributed by atoms with Crippen LogP contribution in [-0.4, -0.2) is 21.5 Å². The zero-order valence-corrected chi connectivity index (χ0v) is 12.5. The fraction of sp³-hybridized carbons (Fsp3) is 0.429. The Hall–Kier alpha value is -1.20. The van der Waals surface area contributed by atoms with Crippen molar-refractivity contribution in [3.8, 4) is 5.69 Å². The predicted octanol–water partition coefficient (Wildman–Crippen LogP) is 2.84. The average molecular weight is 321 g/mol. The number of halogens is 1. The summed E-state index contributed by atoms with van der Waals surface area (Å²) in [6.07, 6.45) is 4.73. The van der Waals surface area contributed by atoms with E-state index in [1.807, 2.05) is 16.9 Å². The molecule has 1 aromatic heterocycles. The van der Waals surface area contributed by atoms with Crippen LogP contribution in [0.25, 0.3) is 5.69 Å². The van der Waals surface area contributed by atoms with Gasteiger partial charge in [0.25, 0.3) is 0 Å². The number of benzene rings is 1. The van der Waals surface area contributed by atoms with Crippen LogP contribution >= 0.6 is 15.9 Å². The van der Waals surface area contributed by atoms with E-state index in [0.717, 1.165) is 34.9 Å². The quantitative estimate of drug-likeness (QED) is 0.921. The fourth-order valence-corrected chi connectivity index (χ4v) is 2.45. The van der Waals surface area contributed by atoms with Crippen LogP contribution in [0.5, 0.6) is 0 Å². The monoisotopic (exact) mass is 320 g/mol. The Kier molecular flexibility index (Phi) is 3.66. The van der Waals surface area contributed by atoms with Gasteiger partial charge in [-0.15, -0.1) is 5.10 Å². The molecule has 1 heterocycles. The van der Waals surface area contributed by atoms with E-state index in [2.05, 4.69) is 50.6 Å². The number of nitrogens with zero attached hydrogens (tertiary/aromatic N) is 3. The maximum absolute atomic E-state index is 4.21. The van der Waals surface area contributed by atoms with E-state index in [1.165, 1.54) is 18.4 Å². The summed E-state index contributed by atoms with van der Waals surface area (Å²) >= 11 is 3.55. The molecule has 0 saturated heterocycles. The van der Waals surface area contributed by atoms with Gasteiger partial charge in [-0.25, -0.2) is 4.68 Å². The normalized spacial score (nSPS) is 14.8. The molecule has 0 radical (unpaired) electrons. The van der Waals surface area contributed by atoms with Gasteiger partial charge in [-0.05, 0) is 65.9 Å². The van der Waals surface area contributed by atoms with E-state index in [1.54, 1.807) is 0 Å². The molecule has 2 aromatic rings. The van der Waals surface area contributed by atoms with Gasteiger partial charge in [-0.3, -0.25) is 0 Å². The first-order valence-corrected chi connectivity index (χ1v) is 7.40. The lowest BCUT2D eigenvalue weighted by atomic mass is 10.2. The Labute approximate surface area is 121 Å². The van der Waals surface area contributed by atoms with Crippen molar-refractivity contribution in [1.29, 1.82) is 0 Å². The smallest absolute Gasteiger partial charge is 0.0969 e. The molecular formula is C14H17BrN4. The number of aromatic nitrogens is 3. The summed E-state index contributed by atoms with van der Waals surface area (Å²) < 4.78 is 2.85. The number of rotatable bonds is 5. The lowest BCUT2D eigenvalue weighted by molar-refractivity contribution is 0.628. The highest BCUT2D eigenvalue weighted by molar-refractivity contribution is 9.10. The third-order valence-electron chi connectivity index (χ3n) is 3.33. The highest BCUT2D eigenvalue weighted by Crippen LogP contribution is 2.27. The molecule has 1 fully saturated rings. The number of aryl methyl sites for hydroxylation is 1. The van der Waals surface area contributed by atoms with Crippen LogP contribution in [0, 0.1) is 12.8 Å². The molecule has 0 aliphatic heterocycles. The molecule has 0 spiro atoms. The van der Waals surface area contributed by atoms with E-state index >= 15 is 0 Å². The second-order valence-corrected chi connectivity index (χ2v) is 6.04. The van der Waals surface area contributed by atoms with Gasteiger partial charge < -0.3 is 5.32 Å². The lowest BCUT2D eigenvalue weighted by Gasteiger charge is -2.04. The minimum Gasteiger partial charge on any atom is -0.311 e. The van der Waals surface area contributed by atoms with Gasteiger partial charge in [0, 0.05) is 11.0 Å². The zero-order chi connectivity index (χ0) is 13.2. The highest BCUT2D eigenvalue weighted by Gasteiger charge is 2.20. The molecule has 100 valence electrons. The minimum absolute atomic E-state index is 0.792. The first-order valence-electron chi connectivity index (χ1n) is 6.61. The molecule has 1 aliphatic rings. The maximum atomic E-state index is 4.21. The highest BCUT2D eigenvalue weighted by atomic mass is 79.9. The molecule has 1 N–H and O–H groups in total. The molecule has 0 unspecified atom stereocenters. The molecule has 1 saturated carbocycles. The molecule has 19 heavy (non-hydrogen) atoms.